The molecule has 0 aliphatic heterocycles. The average Bonchev–Trinajstić information content (AvgIpc) is 2.48. The van der Waals surface area contributed by atoms with Crippen LogP contribution in [0.3, 0.4) is 0 Å². The molecule has 1 aromatic carbocycles. The number of sulfonamides is 1. The Labute approximate surface area is 125 Å². The van der Waals surface area contributed by atoms with Crippen LogP contribution in [-0.2, 0) is 14.8 Å². The first-order chi connectivity index (χ1) is 9.91. The van der Waals surface area contributed by atoms with Gasteiger partial charge in [0.1, 0.15) is 0 Å². The maximum Gasteiger partial charge on any atom is 0.266 e. The van der Waals surface area contributed by atoms with Gasteiger partial charge in [-0.05, 0) is 43.9 Å². The Bertz CT molecular complexity index is 685. The SMILES string of the molecule is Cc1ccc(S(=O)(=O)N(C)C(=O)/C=C2\C=CCCC2)cc1. The molecule has 1 aliphatic rings. The molecule has 21 heavy (non-hydrogen) atoms. The molecule has 2 rings (SSSR count). The summed E-state index contributed by atoms with van der Waals surface area (Å²) in [5.41, 5.74) is 1.84. The number of allylic oxidation sites excluding steroid dienone is 3. The quantitative estimate of drug-likeness (QED) is 0.807. The number of amides is 1. The lowest BCUT2D eigenvalue weighted by Crippen LogP contribution is -2.32. The lowest BCUT2D eigenvalue weighted by atomic mass is 10.0. The van der Waals surface area contributed by atoms with Crippen molar-refractivity contribution in [3.05, 3.63) is 53.6 Å². The summed E-state index contributed by atoms with van der Waals surface area (Å²) >= 11 is 0. The summed E-state index contributed by atoms with van der Waals surface area (Å²) in [5.74, 6) is -0.517. The van der Waals surface area contributed by atoms with Crippen molar-refractivity contribution in [2.75, 3.05) is 7.05 Å². The van der Waals surface area contributed by atoms with E-state index in [1.54, 1.807) is 12.1 Å². The van der Waals surface area contributed by atoms with Gasteiger partial charge in [-0.1, -0.05) is 29.8 Å². The summed E-state index contributed by atoms with van der Waals surface area (Å²) in [4.78, 5) is 12.3. The zero-order valence-corrected chi connectivity index (χ0v) is 13.1. The Balaban J connectivity index is 2.23. The number of hydrogen-bond donors (Lipinski definition) is 0. The zero-order chi connectivity index (χ0) is 15.5. The van der Waals surface area contributed by atoms with Crippen LogP contribution in [-0.4, -0.2) is 25.7 Å². The summed E-state index contributed by atoms with van der Waals surface area (Å²) in [5, 5.41) is 0. The van der Waals surface area contributed by atoms with Crippen molar-refractivity contribution >= 4 is 15.9 Å². The molecule has 4 nitrogen and oxygen atoms in total. The fourth-order valence-electron chi connectivity index (χ4n) is 2.10. The van der Waals surface area contributed by atoms with Gasteiger partial charge in [0.25, 0.3) is 15.9 Å². The van der Waals surface area contributed by atoms with E-state index in [4.69, 9.17) is 0 Å². The molecule has 0 bridgehead atoms. The topological polar surface area (TPSA) is 54.5 Å². The van der Waals surface area contributed by atoms with Crippen LogP contribution < -0.4 is 0 Å². The molecule has 0 radical (unpaired) electrons. The van der Waals surface area contributed by atoms with E-state index in [0.717, 1.165) is 34.7 Å². The van der Waals surface area contributed by atoms with E-state index in [-0.39, 0.29) is 4.90 Å². The molecule has 1 amide bonds. The third kappa shape index (κ3) is 3.61. The predicted octanol–water partition coefficient (Wildman–Crippen LogP) is 2.81. The van der Waals surface area contributed by atoms with E-state index in [1.807, 2.05) is 19.1 Å². The van der Waals surface area contributed by atoms with E-state index >= 15 is 0 Å². The third-order valence-electron chi connectivity index (χ3n) is 3.47. The van der Waals surface area contributed by atoms with Gasteiger partial charge in [-0.25, -0.2) is 12.7 Å². The summed E-state index contributed by atoms with van der Waals surface area (Å²) < 4.78 is 25.6. The van der Waals surface area contributed by atoms with E-state index < -0.39 is 15.9 Å². The zero-order valence-electron chi connectivity index (χ0n) is 12.2. The van der Waals surface area contributed by atoms with Gasteiger partial charge < -0.3 is 0 Å². The molecule has 0 unspecified atom stereocenters. The molecule has 0 spiro atoms. The fraction of sp³-hybridized carbons (Fsp3) is 0.312. The van der Waals surface area contributed by atoms with Gasteiger partial charge in [0.15, 0.2) is 0 Å². The van der Waals surface area contributed by atoms with Gasteiger partial charge in [-0.15, -0.1) is 0 Å². The number of carbonyl (C=O) groups excluding carboxylic acids is 1. The van der Waals surface area contributed by atoms with Crippen molar-refractivity contribution in [3.63, 3.8) is 0 Å². The number of aryl methyl sites for hydroxylation is 1. The second-order valence-electron chi connectivity index (χ2n) is 5.14. The largest absolute Gasteiger partial charge is 0.269 e. The standard InChI is InChI=1S/C16H19NO3S/c1-13-8-10-15(11-9-13)21(19,20)17(2)16(18)12-14-6-4-3-5-7-14/h4,6,8-12H,3,5,7H2,1-2H3/b14-12+. The number of likely N-dealkylation sites (N-methyl/N-ethyl adjacent to an activating group) is 1. The Kier molecular flexibility index (Phi) is 4.63. The molecule has 0 fully saturated rings. The van der Waals surface area contributed by atoms with E-state index in [1.165, 1.54) is 25.3 Å². The van der Waals surface area contributed by atoms with Crippen molar-refractivity contribution in [1.29, 1.82) is 0 Å². The van der Waals surface area contributed by atoms with Crippen LogP contribution in [0.4, 0.5) is 0 Å². The Hall–Kier alpha value is -1.88. The minimum Gasteiger partial charge on any atom is -0.269 e. The molecule has 112 valence electrons. The Morgan fingerprint density at radius 2 is 1.90 bits per heavy atom. The maximum atomic E-state index is 12.4. The second-order valence-corrected chi connectivity index (χ2v) is 7.11. The van der Waals surface area contributed by atoms with Crippen LogP contribution >= 0.6 is 0 Å². The normalized spacial score (nSPS) is 17.0. The molecule has 0 aromatic heterocycles. The highest BCUT2D eigenvalue weighted by Crippen LogP contribution is 2.19. The van der Waals surface area contributed by atoms with E-state index in [2.05, 4.69) is 0 Å². The Morgan fingerprint density at radius 3 is 2.48 bits per heavy atom. The molecular formula is C16H19NO3S. The van der Waals surface area contributed by atoms with Gasteiger partial charge in [-0.2, -0.15) is 0 Å². The summed E-state index contributed by atoms with van der Waals surface area (Å²) in [6.45, 7) is 1.88. The van der Waals surface area contributed by atoms with Crippen LogP contribution in [0.25, 0.3) is 0 Å². The summed E-state index contributed by atoms with van der Waals surface area (Å²) in [6.07, 6.45) is 8.08. The molecule has 0 heterocycles. The van der Waals surface area contributed by atoms with E-state index in [0.29, 0.717) is 0 Å². The molecular weight excluding hydrogens is 286 g/mol. The number of carbonyl (C=O) groups is 1. The second kappa shape index (κ2) is 6.26. The van der Waals surface area contributed by atoms with Crippen LogP contribution in [0, 0.1) is 6.92 Å². The number of hydrogen-bond acceptors (Lipinski definition) is 3. The third-order valence-corrected chi connectivity index (χ3v) is 5.24. The van der Waals surface area contributed by atoms with Crippen molar-refractivity contribution in [3.8, 4) is 0 Å². The molecule has 0 saturated heterocycles. The van der Waals surface area contributed by atoms with Crippen LogP contribution in [0.15, 0.2) is 53.0 Å². The molecule has 1 aliphatic carbocycles. The minimum absolute atomic E-state index is 0.126. The fourth-order valence-corrected chi connectivity index (χ4v) is 3.18. The van der Waals surface area contributed by atoms with Crippen molar-refractivity contribution in [2.24, 2.45) is 0 Å². The van der Waals surface area contributed by atoms with Crippen molar-refractivity contribution < 1.29 is 13.2 Å². The van der Waals surface area contributed by atoms with Crippen LogP contribution in [0.1, 0.15) is 24.8 Å². The van der Waals surface area contributed by atoms with Gasteiger partial charge in [-0.3, -0.25) is 4.79 Å². The molecule has 0 saturated carbocycles. The smallest absolute Gasteiger partial charge is 0.266 e. The van der Waals surface area contributed by atoms with Gasteiger partial charge >= 0.3 is 0 Å². The number of rotatable bonds is 3. The van der Waals surface area contributed by atoms with Crippen LogP contribution in [0.5, 0.6) is 0 Å². The lowest BCUT2D eigenvalue weighted by Gasteiger charge is -2.17. The first-order valence-electron chi connectivity index (χ1n) is 6.88. The first kappa shape index (κ1) is 15.5. The number of nitrogens with zero attached hydrogens (tertiary/aromatic N) is 1. The van der Waals surface area contributed by atoms with Gasteiger partial charge in [0.05, 0.1) is 4.90 Å². The molecule has 1 aromatic rings. The van der Waals surface area contributed by atoms with E-state index in [9.17, 15) is 13.2 Å². The van der Waals surface area contributed by atoms with Crippen molar-refractivity contribution in [1.82, 2.24) is 4.31 Å². The van der Waals surface area contributed by atoms with Gasteiger partial charge in [0, 0.05) is 13.1 Å². The summed E-state index contributed by atoms with van der Waals surface area (Å²) in [7, 11) is -2.50. The lowest BCUT2D eigenvalue weighted by molar-refractivity contribution is -0.120. The minimum atomic E-state index is -3.79. The highest BCUT2D eigenvalue weighted by molar-refractivity contribution is 7.89. The summed E-state index contributed by atoms with van der Waals surface area (Å²) in [6, 6.07) is 6.46. The maximum absolute atomic E-state index is 12.4. The number of benzene rings is 1. The van der Waals surface area contributed by atoms with Crippen molar-refractivity contribution in [2.45, 2.75) is 31.1 Å². The first-order valence-corrected chi connectivity index (χ1v) is 8.32. The highest BCUT2D eigenvalue weighted by atomic mass is 32.2. The predicted molar refractivity (Wildman–Crippen MR) is 82.2 cm³/mol. The highest BCUT2D eigenvalue weighted by Gasteiger charge is 2.24. The van der Waals surface area contributed by atoms with Crippen LogP contribution in [0.2, 0.25) is 0 Å². The molecule has 0 atom stereocenters. The Morgan fingerprint density at radius 1 is 1.24 bits per heavy atom. The molecule has 5 heteroatoms. The average molecular weight is 305 g/mol. The monoisotopic (exact) mass is 305 g/mol. The van der Waals surface area contributed by atoms with Gasteiger partial charge in [0.2, 0.25) is 0 Å². The molecule has 0 N–H and O–H groups in total.